The molecule has 1 saturated heterocycles. The van der Waals surface area contributed by atoms with Crippen molar-refractivity contribution in [2.24, 2.45) is 5.41 Å². The van der Waals surface area contributed by atoms with Crippen LogP contribution in [-0.4, -0.2) is 77.4 Å². The van der Waals surface area contributed by atoms with E-state index in [1.165, 1.54) is 11.3 Å². The molecule has 1 fully saturated rings. The van der Waals surface area contributed by atoms with E-state index in [0.29, 0.717) is 19.4 Å². The average Bonchev–Trinajstić information content (AvgIpc) is 3.54. The minimum atomic E-state index is -0.986. The van der Waals surface area contributed by atoms with Gasteiger partial charge in [-0.25, -0.2) is 4.98 Å². The summed E-state index contributed by atoms with van der Waals surface area (Å²) in [5.41, 5.74) is 3.51. The number of carbonyl (C=O) groups excluding carboxylic acids is 2. The molecule has 1 aromatic heterocycles. The smallest absolute Gasteiger partial charge is 0.304 e. The number of carbonyl (C=O) groups is 3. The van der Waals surface area contributed by atoms with Gasteiger partial charge in [-0.05, 0) is 43.1 Å². The van der Waals surface area contributed by atoms with E-state index >= 15 is 0 Å². The zero-order valence-electron chi connectivity index (χ0n) is 22.0. The standard InChI is InChI=1S/C29H33N5O4S/c1-33-10-12-34(13-11-33)18-25(35)31-23-8-6-20(7-9-23)24-19-39-26(32-24)17-30-28(38)29(16-27(36)37)14-21-4-2-3-5-22(21)15-29/h2-9,19H,10-18H2,1H3,(H,30,38)(H,31,35)(H,36,37). The second-order valence-corrected chi connectivity index (χ2v) is 11.4. The lowest BCUT2D eigenvalue weighted by Gasteiger charge is -2.31. The van der Waals surface area contributed by atoms with E-state index in [-0.39, 0.29) is 24.8 Å². The third-order valence-electron chi connectivity index (χ3n) is 7.53. The van der Waals surface area contributed by atoms with Crippen LogP contribution in [0.3, 0.4) is 0 Å². The summed E-state index contributed by atoms with van der Waals surface area (Å²) in [4.78, 5) is 46.4. The molecule has 0 saturated carbocycles. The highest BCUT2D eigenvalue weighted by Gasteiger charge is 2.45. The van der Waals surface area contributed by atoms with Crippen molar-refractivity contribution < 1.29 is 19.5 Å². The monoisotopic (exact) mass is 547 g/mol. The number of anilines is 1. The van der Waals surface area contributed by atoms with Gasteiger partial charge in [-0.2, -0.15) is 0 Å². The summed E-state index contributed by atoms with van der Waals surface area (Å²) in [6.45, 7) is 4.35. The van der Waals surface area contributed by atoms with Crippen molar-refractivity contribution in [3.63, 3.8) is 0 Å². The highest BCUT2D eigenvalue weighted by atomic mass is 32.1. The number of piperazine rings is 1. The number of carboxylic acids is 1. The molecule has 3 N–H and O–H groups in total. The fourth-order valence-corrected chi connectivity index (χ4v) is 6.09. The fourth-order valence-electron chi connectivity index (χ4n) is 5.35. The van der Waals surface area contributed by atoms with Gasteiger partial charge in [0.05, 0.1) is 30.6 Å². The third-order valence-corrected chi connectivity index (χ3v) is 8.38. The Balaban J connectivity index is 1.16. The van der Waals surface area contributed by atoms with Gasteiger partial charge < -0.3 is 20.6 Å². The minimum Gasteiger partial charge on any atom is -0.481 e. The minimum absolute atomic E-state index is 0.0231. The number of rotatable bonds is 9. The Morgan fingerprint density at radius 1 is 1.00 bits per heavy atom. The molecule has 1 aliphatic carbocycles. The molecule has 0 unspecified atom stereocenters. The molecule has 2 aliphatic rings. The number of hydrogen-bond donors (Lipinski definition) is 3. The van der Waals surface area contributed by atoms with Crippen LogP contribution in [0.5, 0.6) is 0 Å². The van der Waals surface area contributed by atoms with Gasteiger partial charge in [-0.15, -0.1) is 11.3 Å². The Morgan fingerprint density at radius 3 is 2.31 bits per heavy atom. The maximum Gasteiger partial charge on any atom is 0.304 e. The number of benzene rings is 2. The normalized spacial score (nSPS) is 16.9. The first-order chi connectivity index (χ1) is 18.8. The largest absolute Gasteiger partial charge is 0.481 e. The Kier molecular flexibility index (Phi) is 8.06. The summed E-state index contributed by atoms with van der Waals surface area (Å²) in [6, 6.07) is 15.3. The van der Waals surface area contributed by atoms with E-state index in [1.807, 2.05) is 53.9 Å². The maximum absolute atomic E-state index is 13.2. The molecule has 2 amide bonds. The quantitative estimate of drug-likeness (QED) is 0.377. The van der Waals surface area contributed by atoms with Crippen LogP contribution in [0.1, 0.15) is 22.6 Å². The number of aliphatic carboxylic acids is 1. The van der Waals surface area contributed by atoms with E-state index in [4.69, 9.17) is 0 Å². The van der Waals surface area contributed by atoms with Crippen LogP contribution >= 0.6 is 11.3 Å². The zero-order chi connectivity index (χ0) is 27.4. The predicted octanol–water partition coefficient (Wildman–Crippen LogP) is 2.87. The molecule has 0 atom stereocenters. The van der Waals surface area contributed by atoms with Crippen LogP contribution < -0.4 is 10.6 Å². The van der Waals surface area contributed by atoms with E-state index < -0.39 is 11.4 Å². The summed E-state index contributed by atoms with van der Waals surface area (Å²) >= 11 is 1.44. The number of hydrogen-bond acceptors (Lipinski definition) is 7. The molecule has 9 nitrogen and oxygen atoms in total. The predicted molar refractivity (Wildman–Crippen MR) is 150 cm³/mol. The topological polar surface area (TPSA) is 115 Å². The molecule has 0 bridgehead atoms. The maximum atomic E-state index is 13.2. The molecule has 10 heteroatoms. The molecule has 5 rings (SSSR count). The second-order valence-electron chi connectivity index (χ2n) is 10.5. The van der Waals surface area contributed by atoms with E-state index in [0.717, 1.165) is 59.3 Å². The molecule has 2 heterocycles. The fraction of sp³-hybridized carbons (Fsp3) is 0.379. The highest BCUT2D eigenvalue weighted by Crippen LogP contribution is 2.40. The molecule has 0 radical (unpaired) electrons. The Labute approximate surface area is 231 Å². The Morgan fingerprint density at radius 2 is 1.67 bits per heavy atom. The first kappa shape index (κ1) is 27.0. The number of amides is 2. The van der Waals surface area contributed by atoms with Gasteiger partial charge in [-0.3, -0.25) is 19.3 Å². The number of aromatic nitrogens is 1. The van der Waals surface area contributed by atoms with Gasteiger partial charge in [0, 0.05) is 42.8 Å². The van der Waals surface area contributed by atoms with Crippen molar-refractivity contribution in [3.8, 4) is 11.3 Å². The van der Waals surface area contributed by atoms with Crippen LogP contribution in [0.2, 0.25) is 0 Å². The molecule has 2 aromatic carbocycles. The van der Waals surface area contributed by atoms with Gasteiger partial charge in [0.25, 0.3) is 0 Å². The third kappa shape index (κ3) is 6.52. The average molecular weight is 548 g/mol. The number of nitrogens with zero attached hydrogens (tertiary/aromatic N) is 3. The van der Waals surface area contributed by atoms with Gasteiger partial charge in [0.2, 0.25) is 11.8 Å². The van der Waals surface area contributed by atoms with E-state index in [1.54, 1.807) is 0 Å². The van der Waals surface area contributed by atoms with E-state index in [2.05, 4.69) is 32.5 Å². The van der Waals surface area contributed by atoms with Gasteiger partial charge >= 0.3 is 5.97 Å². The Bertz CT molecular complexity index is 1320. The summed E-state index contributed by atoms with van der Waals surface area (Å²) < 4.78 is 0. The summed E-state index contributed by atoms with van der Waals surface area (Å²) in [5.74, 6) is -1.26. The van der Waals surface area contributed by atoms with Crippen molar-refractivity contribution in [2.75, 3.05) is 45.1 Å². The SMILES string of the molecule is CN1CCN(CC(=O)Nc2ccc(-c3csc(CNC(=O)C4(CC(=O)O)Cc5ccccc5C4)n3)cc2)CC1. The molecule has 204 valence electrons. The highest BCUT2D eigenvalue weighted by molar-refractivity contribution is 7.09. The first-order valence-electron chi connectivity index (χ1n) is 13.1. The van der Waals surface area contributed by atoms with Crippen LogP contribution in [0.15, 0.2) is 53.9 Å². The zero-order valence-corrected chi connectivity index (χ0v) is 22.8. The summed E-state index contributed by atoms with van der Waals surface area (Å²) in [6.07, 6.45) is 0.625. The number of nitrogens with one attached hydrogen (secondary N) is 2. The van der Waals surface area contributed by atoms with E-state index in [9.17, 15) is 19.5 Å². The molecular formula is C29H33N5O4S. The van der Waals surface area contributed by atoms with Gasteiger partial charge in [-0.1, -0.05) is 36.4 Å². The molecule has 3 aromatic rings. The lowest BCUT2D eigenvalue weighted by atomic mass is 9.80. The lowest BCUT2D eigenvalue weighted by Crippen LogP contribution is -2.47. The Hall–Kier alpha value is -3.60. The van der Waals surface area contributed by atoms with Crippen molar-refractivity contribution in [3.05, 3.63) is 70.0 Å². The number of likely N-dealkylation sites (N-methyl/N-ethyl adjacent to an activating group) is 1. The second kappa shape index (κ2) is 11.6. The van der Waals surface area contributed by atoms with Gasteiger partial charge in [0.15, 0.2) is 0 Å². The lowest BCUT2D eigenvalue weighted by molar-refractivity contribution is -0.145. The molecule has 1 aliphatic heterocycles. The molecule has 0 spiro atoms. The summed E-state index contributed by atoms with van der Waals surface area (Å²) in [5, 5.41) is 18.1. The van der Waals surface area contributed by atoms with Crippen molar-refractivity contribution >= 4 is 34.8 Å². The number of thiazole rings is 1. The van der Waals surface area contributed by atoms with Crippen LogP contribution in [0.4, 0.5) is 5.69 Å². The summed E-state index contributed by atoms with van der Waals surface area (Å²) in [7, 11) is 2.09. The number of carboxylic acid groups (broad SMARTS) is 1. The van der Waals surface area contributed by atoms with Crippen LogP contribution in [-0.2, 0) is 33.8 Å². The van der Waals surface area contributed by atoms with Crippen molar-refractivity contribution in [1.82, 2.24) is 20.1 Å². The van der Waals surface area contributed by atoms with Gasteiger partial charge in [0.1, 0.15) is 5.01 Å². The molecular weight excluding hydrogens is 514 g/mol. The van der Waals surface area contributed by atoms with Crippen molar-refractivity contribution in [2.45, 2.75) is 25.8 Å². The number of fused-ring (bicyclic) bond motifs is 1. The van der Waals surface area contributed by atoms with Crippen LogP contribution in [0.25, 0.3) is 11.3 Å². The van der Waals surface area contributed by atoms with Crippen LogP contribution in [0, 0.1) is 5.41 Å². The van der Waals surface area contributed by atoms with Crippen molar-refractivity contribution in [1.29, 1.82) is 0 Å². The molecule has 39 heavy (non-hydrogen) atoms. The first-order valence-corrected chi connectivity index (χ1v) is 14.0.